The number of hydrogen-bond acceptors (Lipinski definition) is 1. The van der Waals surface area contributed by atoms with Crippen LogP contribution < -0.4 is 0 Å². The molecule has 0 saturated heterocycles. The zero-order valence-corrected chi connectivity index (χ0v) is 9.53. The van der Waals surface area contributed by atoms with E-state index < -0.39 is 5.97 Å². The van der Waals surface area contributed by atoms with Crippen molar-refractivity contribution in [3.63, 3.8) is 0 Å². The van der Waals surface area contributed by atoms with Gasteiger partial charge in [0.05, 0.1) is 0 Å². The van der Waals surface area contributed by atoms with Crippen molar-refractivity contribution in [1.29, 1.82) is 0 Å². The highest BCUT2D eigenvalue weighted by Crippen LogP contribution is 2.18. The van der Waals surface area contributed by atoms with E-state index in [0.717, 1.165) is 17.2 Å². The Morgan fingerprint density at radius 3 is 2.20 bits per heavy atom. The maximum atomic E-state index is 10.4. The van der Waals surface area contributed by atoms with Crippen LogP contribution in [-0.2, 0) is 4.79 Å². The Hall–Kier alpha value is -1.57. The lowest BCUT2D eigenvalue weighted by atomic mass is 9.96. The molecule has 15 heavy (non-hydrogen) atoms. The number of carboxylic acid groups (broad SMARTS) is 1. The fourth-order valence-corrected chi connectivity index (χ4v) is 1.28. The molecular weight excluding hydrogens is 188 g/mol. The Balaban J connectivity index is 5.24. The highest BCUT2D eigenvalue weighted by atomic mass is 16.4. The number of carboxylic acids is 1. The van der Waals surface area contributed by atoms with Crippen molar-refractivity contribution >= 4 is 5.97 Å². The van der Waals surface area contributed by atoms with E-state index in [1.165, 1.54) is 0 Å². The molecule has 0 aliphatic carbocycles. The van der Waals surface area contributed by atoms with E-state index >= 15 is 0 Å². The summed E-state index contributed by atoms with van der Waals surface area (Å²) < 4.78 is 0. The second kappa shape index (κ2) is 6.82. The van der Waals surface area contributed by atoms with E-state index in [-0.39, 0.29) is 0 Å². The van der Waals surface area contributed by atoms with E-state index in [1.54, 1.807) is 12.2 Å². The summed E-state index contributed by atoms with van der Waals surface area (Å²) in [6.07, 6.45) is 8.27. The van der Waals surface area contributed by atoms with Gasteiger partial charge in [0.25, 0.3) is 0 Å². The van der Waals surface area contributed by atoms with Crippen molar-refractivity contribution in [3.8, 4) is 0 Å². The Morgan fingerprint density at radius 2 is 1.87 bits per heavy atom. The molecular formula is C13H18O2. The summed E-state index contributed by atoms with van der Waals surface area (Å²) in [4.78, 5) is 10.4. The summed E-state index contributed by atoms with van der Waals surface area (Å²) >= 11 is 0. The minimum absolute atomic E-state index is 0.326. The van der Waals surface area contributed by atoms with Crippen molar-refractivity contribution in [2.45, 2.75) is 20.8 Å². The Kier molecular flexibility index (Phi) is 6.11. The number of rotatable bonds is 5. The van der Waals surface area contributed by atoms with Crippen LogP contribution >= 0.6 is 0 Å². The Bertz CT molecular complexity index is 317. The van der Waals surface area contributed by atoms with Gasteiger partial charge in [0, 0.05) is 6.08 Å². The van der Waals surface area contributed by atoms with Crippen LogP contribution in [0.3, 0.4) is 0 Å². The molecule has 0 rings (SSSR count). The number of carbonyl (C=O) groups is 1. The molecule has 0 unspecified atom stereocenters. The van der Waals surface area contributed by atoms with Crippen molar-refractivity contribution < 1.29 is 9.90 Å². The number of aliphatic carboxylic acids is 1. The molecule has 0 aromatic rings. The average molecular weight is 206 g/mol. The zero-order valence-electron chi connectivity index (χ0n) is 9.53. The van der Waals surface area contributed by atoms with E-state index in [1.807, 2.05) is 19.1 Å². The smallest absolute Gasteiger partial charge is 0.328 e. The third-order valence-corrected chi connectivity index (χ3v) is 1.93. The van der Waals surface area contributed by atoms with Crippen LogP contribution in [0.15, 0.2) is 48.1 Å². The molecule has 0 saturated carbocycles. The molecule has 0 aromatic carbocycles. The second-order valence-corrected chi connectivity index (χ2v) is 3.44. The van der Waals surface area contributed by atoms with E-state index in [4.69, 9.17) is 5.11 Å². The van der Waals surface area contributed by atoms with E-state index in [2.05, 4.69) is 20.4 Å². The average Bonchev–Trinajstić information content (AvgIpc) is 2.14. The topological polar surface area (TPSA) is 37.3 Å². The fourth-order valence-electron chi connectivity index (χ4n) is 1.28. The first kappa shape index (κ1) is 13.4. The molecule has 82 valence electrons. The molecule has 0 spiro atoms. The predicted octanol–water partition coefficient (Wildman–Crippen LogP) is 3.34. The fraction of sp³-hybridized carbons (Fsp3) is 0.308. The molecule has 0 aliphatic heterocycles. The molecule has 2 heteroatoms. The first-order valence-corrected chi connectivity index (χ1v) is 4.93. The second-order valence-electron chi connectivity index (χ2n) is 3.44. The van der Waals surface area contributed by atoms with Crippen molar-refractivity contribution in [3.05, 3.63) is 48.1 Å². The van der Waals surface area contributed by atoms with Gasteiger partial charge in [-0.1, -0.05) is 38.7 Å². The van der Waals surface area contributed by atoms with Crippen LogP contribution in [0.5, 0.6) is 0 Å². The van der Waals surface area contributed by atoms with Gasteiger partial charge in [0.1, 0.15) is 0 Å². The van der Waals surface area contributed by atoms with Gasteiger partial charge in [-0.05, 0) is 30.1 Å². The van der Waals surface area contributed by atoms with Crippen LogP contribution in [-0.4, -0.2) is 11.1 Å². The molecule has 0 fully saturated rings. The molecule has 0 radical (unpaired) electrons. The maximum Gasteiger partial charge on any atom is 0.328 e. The summed E-state index contributed by atoms with van der Waals surface area (Å²) in [5.74, 6) is -0.615. The van der Waals surface area contributed by atoms with Gasteiger partial charge in [-0.25, -0.2) is 4.79 Å². The SMILES string of the molecule is C=C/C(=C(\C=C/C)/C=C/C(=O)O)C(C)C. The molecule has 0 bridgehead atoms. The standard InChI is InChI=1S/C13H18O2/c1-5-7-11(8-9-13(14)15)12(6-2)10(3)4/h5-10H,2H2,1,3-4H3,(H,14,15)/b7-5-,9-8+,12-11-. The molecule has 0 amide bonds. The minimum Gasteiger partial charge on any atom is -0.478 e. The van der Waals surface area contributed by atoms with Crippen molar-refractivity contribution in [2.75, 3.05) is 0 Å². The molecule has 0 aliphatic rings. The third kappa shape index (κ3) is 5.01. The normalized spacial score (nSPS) is 13.6. The van der Waals surface area contributed by atoms with Crippen LogP contribution in [0, 0.1) is 5.92 Å². The van der Waals surface area contributed by atoms with Gasteiger partial charge in [0.2, 0.25) is 0 Å². The van der Waals surface area contributed by atoms with Gasteiger partial charge in [-0.3, -0.25) is 0 Å². The molecule has 1 N–H and O–H groups in total. The van der Waals surface area contributed by atoms with Gasteiger partial charge in [-0.15, -0.1) is 0 Å². The van der Waals surface area contributed by atoms with Crippen LogP contribution in [0.25, 0.3) is 0 Å². The first-order valence-electron chi connectivity index (χ1n) is 4.93. The minimum atomic E-state index is -0.941. The highest BCUT2D eigenvalue weighted by Gasteiger charge is 2.03. The van der Waals surface area contributed by atoms with E-state index in [9.17, 15) is 4.79 Å². The zero-order chi connectivity index (χ0) is 11.8. The lowest BCUT2D eigenvalue weighted by Gasteiger charge is -2.09. The summed E-state index contributed by atoms with van der Waals surface area (Å²) in [5.41, 5.74) is 1.94. The summed E-state index contributed by atoms with van der Waals surface area (Å²) in [6, 6.07) is 0. The van der Waals surface area contributed by atoms with Gasteiger partial charge < -0.3 is 5.11 Å². The quantitative estimate of drug-likeness (QED) is 0.553. The summed E-state index contributed by atoms with van der Waals surface area (Å²) in [7, 11) is 0. The molecule has 0 aromatic heterocycles. The summed E-state index contributed by atoms with van der Waals surface area (Å²) in [6.45, 7) is 9.74. The number of hydrogen-bond donors (Lipinski definition) is 1. The maximum absolute atomic E-state index is 10.4. The highest BCUT2D eigenvalue weighted by molar-refractivity contribution is 5.80. The number of allylic oxidation sites excluding steroid dienone is 6. The lowest BCUT2D eigenvalue weighted by Crippen LogP contribution is -1.95. The van der Waals surface area contributed by atoms with Gasteiger partial charge in [0.15, 0.2) is 0 Å². The van der Waals surface area contributed by atoms with E-state index in [0.29, 0.717) is 5.92 Å². The lowest BCUT2D eigenvalue weighted by molar-refractivity contribution is -0.131. The first-order chi connectivity index (χ1) is 7.02. The van der Waals surface area contributed by atoms with Crippen molar-refractivity contribution in [1.82, 2.24) is 0 Å². The Labute approximate surface area is 91.3 Å². The van der Waals surface area contributed by atoms with Crippen LogP contribution in [0.2, 0.25) is 0 Å². The van der Waals surface area contributed by atoms with Gasteiger partial charge in [-0.2, -0.15) is 0 Å². The monoisotopic (exact) mass is 206 g/mol. The molecule has 0 heterocycles. The third-order valence-electron chi connectivity index (χ3n) is 1.93. The predicted molar refractivity (Wildman–Crippen MR) is 63.7 cm³/mol. The van der Waals surface area contributed by atoms with Crippen LogP contribution in [0.4, 0.5) is 0 Å². The van der Waals surface area contributed by atoms with Gasteiger partial charge >= 0.3 is 5.97 Å². The van der Waals surface area contributed by atoms with Crippen molar-refractivity contribution in [2.24, 2.45) is 5.92 Å². The van der Waals surface area contributed by atoms with Crippen LogP contribution in [0.1, 0.15) is 20.8 Å². The molecule has 0 atom stereocenters. The molecule has 2 nitrogen and oxygen atoms in total. The summed E-state index contributed by atoms with van der Waals surface area (Å²) in [5, 5.41) is 8.56. The Morgan fingerprint density at radius 1 is 1.27 bits per heavy atom. The largest absolute Gasteiger partial charge is 0.478 e.